The first-order chi connectivity index (χ1) is 7.00. The first-order valence-corrected chi connectivity index (χ1v) is 6.22. The lowest BCUT2D eigenvalue weighted by Crippen LogP contribution is -2.13. The van der Waals surface area contributed by atoms with Gasteiger partial charge in [-0.15, -0.1) is 0 Å². The van der Waals surface area contributed by atoms with Crippen LogP contribution in [-0.2, 0) is 0 Å². The molecule has 0 bridgehead atoms. The van der Waals surface area contributed by atoms with E-state index in [2.05, 4.69) is 10.3 Å². The summed E-state index contributed by atoms with van der Waals surface area (Å²) < 4.78 is 0. The van der Waals surface area contributed by atoms with Crippen molar-refractivity contribution >= 4 is 6.34 Å². The van der Waals surface area contributed by atoms with Gasteiger partial charge in [0.25, 0.3) is 0 Å². The van der Waals surface area contributed by atoms with Crippen LogP contribution in [0.3, 0.4) is 0 Å². The molecule has 0 amide bonds. The van der Waals surface area contributed by atoms with Gasteiger partial charge in [0.2, 0.25) is 0 Å². The van der Waals surface area contributed by atoms with Crippen LogP contribution < -0.4 is 5.32 Å². The zero-order valence-corrected chi connectivity index (χ0v) is 9.89. The molecule has 0 radical (unpaired) electrons. The molecule has 1 N–H and O–H groups in total. The van der Waals surface area contributed by atoms with Crippen LogP contribution in [0, 0.1) is 0 Å². The molecule has 0 aliphatic carbocycles. The van der Waals surface area contributed by atoms with E-state index >= 15 is 0 Å². The van der Waals surface area contributed by atoms with Crippen molar-refractivity contribution in [3.8, 4) is 0 Å². The maximum absolute atomic E-state index is 4.27. The summed E-state index contributed by atoms with van der Waals surface area (Å²) in [6, 6.07) is 0. The van der Waals surface area contributed by atoms with Crippen LogP contribution in [0.4, 0.5) is 0 Å². The van der Waals surface area contributed by atoms with Crippen molar-refractivity contribution in [1.29, 1.82) is 0 Å². The van der Waals surface area contributed by atoms with E-state index in [0.29, 0.717) is 0 Å². The summed E-state index contributed by atoms with van der Waals surface area (Å²) in [5.74, 6) is 0. The summed E-state index contributed by atoms with van der Waals surface area (Å²) in [4.78, 5) is 4.27. The highest BCUT2D eigenvalue weighted by molar-refractivity contribution is 5.53. The molecule has 0 spiro atoms. The fourth-order valence-electron chi connectivity index (χ4n) is 1.51. The Balaban J connectivity index is 0.000000791. The molecule has 2 nitrogen and oxygen atoms in total. The minimum Gasteiger partial charge on any atom is -0.376 e. The number of hydrogen-bond acceptors (Lipinski definition) is 2. The molecule has 0 saturated carbocycles. The summed E-state index contributed by atoms with van der Waals surface area (Å²) in [6.07, 6.45) is 11.4. The SMILES string of the molecule is C1=NCCCCCCCCCN1.CC. The van der Waals surface area contributed by atoms with Gasteiger partial charge in [0.05, 0.1) is 6.34 Å². The van der Waals surface area contributed by atoms with Gasteiger partial charge < -0.3 is 5.32 Å². The standard InChI is InChI=1S/C10H20N2.C2H6/c1-2-4-6-8-11-10-12-9-7-5-3-1;1-2/h10H,1-9H2,(H,11,12);1-2H3. The molecule has 1 aliphatic heterocycles. The van der Waals surface area contributed by atoms with Crippen molar-refractivity contribution in [1.82, 2.24) is 5.32 Å². The molecule has 2 heteroatoms. The maximum atomic E-state index is 4.27. The average Bonchev–Trinajstić information content (AvgIpc) is 2.22. The molecular weight excluding hydrogens is 172 g/mol. The highest BCUT2D eigenvalue weighted by Gasteiger charge is 1.92. The van der Waals surface area contributed by atoms with Gasteiger partial charge in [-0.05, 0) is 12.8 Å². The van der Waals surface area contributed by atoms with Crippen molar-refractivity contribution < 1.29 is 0 Å². The molecule has 1 rings (SSSR count). The molecule has 0 aromatic carbocycles. The highest BCUT2D eigenvalue weighted by atomic mass is 14.9. The van der Waals surface area contributed by atoms with E-state index in [1.807, 2.05) is 20.2 Å². The molecule has 0 aromatic heterocycles. The molecule has 0 unspecified atom stereocenters. The fraction of sp³-hybridized carbons (Fsp3) is 0.917. The topological polar surface area (TPSA) is 24.4 Å². The predicted octanol–water partition coefficient (Wildman–Crippen LogP) is 3.37. The number of rotatable bonds is 0. The van der Waals surface area contributed by atoms with Crippen LogP contribution in [-0.4, -0.2) is 19.4 Å². The molecule has 0 atom stereocenters. The Kier molecular flexibility index (Phi) is 12.0. The Labute approximate surface area is 89.2 Å². The Morgan fingerprint density at radius 1 is 0.857 bits per heavy atom. The van der Waals surface area contributed by atoms with Crippen molar-refractivity contribution in [2.24, 2.45) is 4.99 Å². The van der Waals surface area contributed by atoms with Crippen molar-refractivity contribution in [3.63, 3.8) is 0 Å². The minimum absolute atomic E-state index is 1.01. The van der Waals surface area contributed by atoms with Gasteiger partial charge in [0.1, 0.15) is 0 Å². The summed E-state index contributed by atoms with van der Waals surface area (Å²) in [5, 5.41) is 3.21. The second-order valence-corrected chi connectivity index (χ2v) is 3.46. The number of nitrogens with zero attached hydrogens (tertiary/aromatic N) is 1. The van der Waals surface area contributed by atoms with Gasteiger partial charge in [-0.1, -0.05) is 46.0 Å². The minimum atomic E-state index is 1.01. The smallest absolute Gasteiger partial charge is 0.0823 e. The third-order valence-electron chi connectivity index (χ3n) is 2.29. The predicted molar refractivity (Wildman–Crippen MR) is 65.0 cm³/mol. The maximum Gasteiger partial charge on any atom is 0.0823 e. The lowest BCUT2D eigenvalue weighted by atomic mass is 10.1. The lowest BCUT2D eigenvalue weighted by molar-refractivity contribution is 0.575. The molecule has 1 aliphatic rings. The monoisotopic (exact) mass is 198 g/mol. The van der Waals surface area contributed by atoms with Crippen LogP contribution in [0.2, 0.25) is 0 Å². The number of nitrogens with one attached hydrogen (secondary N) is 1. The zero-order valence-electron chi connectivity index (χ0n) is 9.89. The van der Waals surface area contributed by atoms with Crippen LogP contribution in [0.15, 0.2) is 4.99 Å². The summed E-state index contributed by atoms with van der Waals surface area (Å²) >= 11 is 0. The second kappa shape index (κ2) is 12.5. The third-order valence-corrected chi connectivity index (χ3v) is 2.29. The lowest BCUT2D eigenvalue weighted by Gasteiger charge is -2.03. The molecule has 84 valence electrons. The summed E-state index contributed by atoms with van der Waals surface area (Å²) in [5.41, 5.74) is 0. The van der Waals surface area contributed by atoms with E-state index < -0.39 is 0 Å². The molecule has 0 aromatic rings. The number of hydrogen-bond donors (Lipinski definition) is 1. The van der Waals surface area contributed by atoms with Gasteiger partial charge in [-0.3, -0.25) is 4.99 Å². The molecule has 1 heterocycles. The van der Waals surface area contributed by atoms with E-state index in [0.717, 1.165) is 13.1 Å². The van der Waals surface area contributed by atoms with Crippen molar-refractivity contribution in [2.75, 3.05) is 13.1 Å². The first kappa shape index (κ1) is 13.5. The fourth-order valence-corrected chi connectivity index (χ4v) is 1.51. The van der Waals surface area contributed by atoms with Crippen LogP contribution in [0.5, 0.6) is 0 Å². The molecule has 14 heavy (non-hydrogen) atoms. The Morgan fingerprint density at radius 3 is 2.14 bits per heavy atom. The van der Waals surface area contributed by atoms with E-state index in [1.54, 1.807) is 0 Å². The molecular formula is C12H26N2. The van der Waals surface area contributed by atoms with Crippen LogP contribution >= 0.6 is 0 Å². The van der Waals surface area contributed by atoms with Gasteiger partial charge >= 0.3 is 0 Å². The quantitative estimate of drug-likeness (QED) is 0.634. The van der Waals surface area contributed by atoms with Crippen LogP contribution in [0.25, 0.3) is 0 Å². The van der Waals surface area contributed by atoms with Crippen LogP contribution in [0.1, 0.15) is 58.8 Å². The third kappa shape index (κ3) is 9.56. The van der Waals surface area contributed by atoms with Gasteiger partial charge in [-0.2, -0.15) is 0 Å². The van der Waals surface area contributed by atoms with Crippen molar-refractivity contribution in [3.05, 3.63) is 0 Å². The molecule has 0 fully saturated rings. The summed E-state index contributed by atoms with van der Waals surface area (Å²) in [7, 11) is 0. The molecule has 0 saturated heterocycles. The Bertz CT molecular complexity index is 107. The van der Waals surface area contributed by atoms with E-state index in [1.165, 1.54) is 44.9 Å². The van der Waals surface area contributed by atoms with Crippen molar-refractivity contribution in [2.45, 2.75) is 58.8 Å². The number of aliphatic imine (C=N–C) groups is 1. The Morgan fingerprint density at radius 2 is 1.43 bits per heavy atom. The average molecular weight is 198 g/mol. The second-order valence-electron chi connectivity index (χ2n) is 3.46. The Hall–Kier alpha value is -0.530. The van der Waals surface area contributed by atoms with Gasteiger partial charge in [0, 0.05) is 13.1 Å². The largest absolute Gasteiger partial charge is 0.376 e. The first-order valence-electron chi connectivity index (χ1n) is 6.22. The normalized spacial score (nSPS) is 19.3. The van der Waals surface area contributed by atoms with E-state index in [4.69, 9.17) is 0 Å². The van der Waals surface area contributed by atoms with E-state index in [-0.39, 0.29) is 0 Å². The summed E-state index contributed by atoms with van der Waals surface area (Å²) in [6.45, 7) is 6.11. The highest BCUT2D eigenvalue weighted by Crippen LogP contribution is 2.07. The van der Waals surface area contributed by atoms with Gasteiger partial charge in [-0.25, -0.2) is 0 Å². The van der Waals surface area contributed by atoms with E-state index in [9.17, 15) is 0 Å². The van der Waals surface area contributed by atoms with Gasteiger partial charge in [0.15, 0.2) is 0 Å². The zero-order chi connectivity index (χ0) is 10.5.